The van der Waals surface area contributed by atoms with Gasteiger partial charge in [-0.25, -0.2) is 9.97 Å². The molecule has 0 spiro atoms. The quantitative estimate of drug-likeness (QED) is 0.601. The average Bonchev–Trinajstić information content (AvgIpc) is 3.14. The Morgan fingerprint density at radius 1 is 0.912 bits per heavy atom. The van der Waals surface area contributed by atoms with Gasteiger partial charge in [0.2, 0.25) is 0 Å². The van der Waals surface area contributed by atoms with Gasteiger partial charge < -0.3 is 10.2 Å². The maximum absolute atomic E-state index is 12.9. The zero-order valence-corrected chi connectivity index (χ0v) is 20.2. The molecule has 1 aromatic carbocycles. The third-order valence-electron chi connectivity index (χ3n) is 7.10. The number of aromatic nitrogens is 2. The van der Waals surface area contributed by atoms with E-state index in [9.17, 15) is 4.79 Å². The summed E-state index contributed by atoms with van der Waals surface area (Å²) < 4.78 is 0. The van der Waals surface area contributed by atoms with Crippen LogP contribution in [0.3, 0.4) is 0 Å². The first-order valence-electron chi connectivity index (χ1n) is 12.8. The Kier molecular flexibility index (Phi) is 7.05. The standard InChI is InChI=1S/C28H35N5O/c1-21-7-6-8-22(19-21)20-32-17-13-23(14-18-32)29-28(34)26-10-9-25-24(30-26)11-12-27(31-25)33-15-4-2-3-5-16-33/h6-12,19,23H,2-5,13-18,20H2,1H3,(H,29,34). The van der Waals surface area contributed by atoms with Crippen molar-refractivity contribution in [3.05, 3.63) is 65.4 Å². The van der Waals surface area contributed by atoms with Crippen molar-refractivity contribution >= 4 is 22.8 Å². The number of aryl methyl sites for hydroxylation is 1. The van der Waals surface area contributed by atoms with E-state index in [1.165, 1.54) is 36.8 Å². The number of amides is 1. The molecular formula is C28H35N5O. The molecule has 3 aromatic rings. The van der Waals surface area contributed by atoms with Gasteiger partial charge in [-0.3, -0.25) is 9.69 Å². The fourth-order valence-electron chi connectivity index (χ4n) is 5.16. The van der Waals surface area contributed by atoms with Gasteiger partial charge in [0.1, 0.15) is 11.5 Å². The third kappa shape index (κ3) is 5.55. The summed E-state index contributed by atoms with van der Waals surface area (Å²) >= 11 is 0. The predicted molar refractivity (Wildman–Crippen MR) is 137 cm³/mol. The molecular weight excluding hydrogens is 422 g/mol. The number of nitrogens with zero attached hydrogens (tertiary/aromatic N) is 4. The molecule has 0 radical (unpaired) electrons. The number of hydrogen-bond donors (Lipinski definition) is 1. The van der Waals surface area contributed by atoms with E-state index in [0.29, 0.717) is 5.69 Å². The smallest absolute Gasteiger partial charge is 0.270 e. The summed E-state index contributed by atoms with van der Waals surface area (Å²) in [6.07, 6.45) is 6.98. The second-order valence-electron chi connectivity index (χ2n) is 9.82. The van der Waals surface area contributed by atoms with Gasteiger partial charge in [-0.05, 0) is 62.4 Å². The van der Waals surface area contributed by atoms with Crippen LogP contribution in [0.15, 0.2) is 48.5 Å². The van der Waals surface area contributed by atoms with Gasteiger partial charge in [0.05, 0.1) is 11.0 Å². The van der Waals surface area contributed by atoms with Crippen molar-refractivity contribution in [2.75, 3.05) is 31.1 Å². The molecule has 6 nitrogen and oxygen atoms in total. The fraction of sp³-hybridized carbons (Fsp3) is 0.464. The molecule has 2 saturated heterocycles. The first-order valence-corrected chi connectivity index (χ1v) is 12.8. The Balaban J connectivity index is 1.17. The molecule has 0 aliphatic carbocycles. The second kappa shape index (κ2) is 10.5. The summed E-state index contributed by atoms with van der Waals surface area (Å²) in [6.45, 7) is 7.23. The van der Waals surface area contributed by atoms with E-state index < -0.39 is 0 Å². The van der Waals surface area contributed by atoms with Crippen LogP contribution in [-0.4, -0.2) is 53.0 Å². The average molecular weight is 458 g/mol. The Labute approximate surface area is 202 Å². The van der Waals surface area contributed by atoms with E-state index in [4.69, 9.17) is 4.98 Å². The predicted octanol–water partition coefficient (Wildman–Crippen LogP) is 4.71. The van der Waals surface area contributed by atoms with Gasteiger partial charge in [-0.15, -0.1) is 0 Å². The van der Waals surface area contributed by atoms with Crippen molar-refractivity contribution in [1.82, 2.24) is 20.2 Å². The van der Waals surface area contributed by atoms with Crippen LogP contribution in [0.2, 0.25) is 0 Å². The molecule has 2 aromatic heterocycles. The largest absolute Gasteiger partial charge is 0.357 e. The van der Waals surface area contributed by atoms with E-state index in [-0.39, 0.29) is 11.9 Å². The molecule has 34 heavy (non-hydrogen) atoms. The Bertz CT molecular complexity index is 1130. The molecule has 2 fully saturated rings. The van der Waals surface area contributed by atoms with Crippen molar-refractivity contribution in [1.29, 1.82) is 0 Å². The van der Waals surface area contributed by atoms with Crippen molar-refractivity contribution in [3.8, 4) is 0 Å². The lowest BCUT2D eigenvalue weighted by Crippen LogP contribution is -2.44. The van der Waals surface area contributed by atoms with Crippen molar-refractivity contribution in [2.45, 2.75) is 58.0 Å². The minimum absolute atomic E-state index is 0.0874. The highest BCUT2D eigenvalue weighted by Crippen LogP contribution is 2.21. The summed E-state index contributed by atoms with van der Waals surface area (Å²) in [5.74, 6) is 0.932. The van der Waals surface area contributed by atoms with Crippen molar-refractivity contribution in [3.63, 3.8) is 0 Å². The first kappa shape index (κ1) is 22.8. The minimum atomic E-state index is -0.0874. The van der Waals surface area contributed by atoms with Gasteiger partial charge in [0.25, 0.3) is 5.91 Å². The fourth-order valence-corrected chi connectivity index (χ4v) is 5.16. The molecule has 178 valence electrons. The number of hydrogen-bond acceptors (Lipinski definition) is 5. The summed E-state index contributed by atoms with van der Waals surface area (Å²) in [6, 6.07) is 16.7. The molecule has 0 atom stereocenters. The van der Waals surface area contributed by atoms with Crippen LogP contribution in [0.25, 0.3) is 11.0 Å². The Morgan fingerprint density at radius 2 is 1.65 bits per heavy atom. The van der Waals surface area contributed by atoms with Gasteiger partial charge in [0.15, 0.2) is 0 Å². The molecule has 5 rings (SSSR count). The van der Waals surface area contributed by atoms with Crippen molar-refractivity contribution in [2.24, 2.45) is 0 Å². The van der Waals surface area contributed by atoms with Crippen LogP contribution in [0.1, 0.15) is 60.1 Å². The Morgan fingerprint density at radius 3 is 2.41 bits per heavy atom. The van der Waals surface area contributed by atoms with Crippen LogP contribution in [0.4, 0.5) is 5.82 Å². The highest BCUT2D eigenvalue weighted by molar-refractivity contribution is 5.94. The van der Waals surface area contributed by atoms with Gasteiger partial charge in [0, 0.05) is 38.8 Å². The lowest BCUT2D eigenvalue weighted by Gasteiger charge is -2.32. The van der Waals surface area contributed by atoms with E-state index in [0.717, 1.165) is 62.4 Å². The summed E-state index contributed by atoms with van der Waals surface area (Å²) in [4.78, 5) is 27.2. The van der Waals surface area contributed by atoms with Crippen LogP contribution < -0.4 is 10.2 Å². The molecule has 2 aliphatic heterocycles. The molecule has 1 N–H and O–H groups in total. The first-order chi connectivity index (χ1) is 16.6. The Hall–Kier alpha value is -2.99. The van der Waals surface area contributed by atoms with Gasteiger partial charge in [-0.1, -0.05) is 42.7 Å². The van der Waals surface area contributed by atoms with Crippen LogP contribution in [0, 0.1) is 6.92 Å². The minimum Gasteiger partial charge on any atom is -0.357 e. The van der Waals surface area contributed by atoms with Gasteiger partial charge >= 0.3 is 0 Å². The molecule has 2 aliphatic rings. The summed E-state index contributed by atoms with van der Waals surface area (Å²) in [7, 11) is 0. The van der Waals surface area contributed by atoms with E-state index in [2.05, 4.69) is 51.3 Å². The lowest BCUT2D eigenvalue weighted by atomic mass is 10.0. The topological polar surface area (TPSA) is 61.4 Å². The lowest BCUT2D eigenvalue weighted by molar-refractivity contribution is 0.0904. The maximum Gasteiger partial charge on any atom is 0.270 e. The summed E-state index contributed by atoms with van der Waals surface area (Å²) in [5.41, 5.74) is 4.76. The molecule has 1 amide bonds. The normalized spacial score (nSPS) is 18.1. The molecule has 6 heteroatoms. The van der Waals surface area contributed by atoms with Gasteiger partial charge in [-0.2, -0.15) is 0 Å². The number of rotatable bonds is 5. The van der Waals surface area contributed by atoms with Crippen LogP contribution in [-0.2, 0) is 6.54 Å². The molecule has 0 unspecified atom stereocenters. The number of carbonyl (C=O) groups excluding carboxylic acids is 1. The van der Waals surface area contributed by atoms with Crippen LogP contribution in [0.5, 0.6) is 0 Å². The van der Waals surface area contributed by atoms with E-state index in [1.54, 1.807) is 0 Å². The highest BCUT2D eigenvalue weighted by Gasteiger charge is 2.22. The monoisotopic (exact) mass is 457 g/mol. The maximum atomic E-state index is 12.9. The summed E-state index contributed by atoms with van der Waals surface area (Å²) in [5, 5.41) is 3.21. The zero-order valence-electron chi connectivity index (χ0n) is 20.2. The van der Waals surface area contributed by atoms with E-state index >= 15 is 0 Å². The number of likely N-dealkylation sites (tertiary alicyclic amines) is 1. The third-order valence-corrected chi connectivity index (χ3v) is 7.10. The molecule has 4 heterocycles. The number of carbonyl (C=O) groups is 1. The highest BCUT2D eigenvalue weighted by atomic mass is 16.1. The zero-order chi connectivity index (χ0) is 23.3. The SMILES string of the molecule is Cc1cccc(CN2CCC(NC(=O)c3ccc4nc(N5CCCCCC5)ccc4n3)CC2)c1. The van der Waals surface area contributed by atoms with E-state index in [1.807, 2.05) is 24.3 Å². The number of pyridine rings is 2. The second-order valence-corrected chi connectivity index (χ2v) is 9.82. The number of anilines is 1. The number of nitrogens with one attached hydrogen (secondary N) is 1. The number of fused-ring (bicyclic) bond motifs is 1. The number of benzene rings is 1. The number of piperidine rings is 1. The van der Waals surface area contributed by atoms with Crippen LogP contribution >= 0.6 is 0 Å². The molecule has 0 saturated carbocycles. The molecule has 0 bridgehead atoms. The van der Waals surface area contributed by atoms with Crippen molar-refractivity contribution < 1.29 is 4.79 Å².